The van der Waals surface area contributed by atoms with Crippen molar-refractivity contribution in [2.24, 2.45) is 0 Å². The Balaban J connectivity index is 0.00000220. The molecular weight excluding hydrogens is 311 g/mol. The molecule has 4 nitrogen and oxygen atoms in total. The van der Waals surface area contributed by atoms with Crippen molar-refractivity contribution in [3.05, 3.63) is 18.5 Å². The molecule has 1 aromatic heterocycles. The maximum absolute atomic E-state index is 12.6. The Kier molecular flexibility index (Phi) is 8.18. The van der Waals surface area contributed by atoms with Crippen LogP contribution in [0.1, 0.15) is 6.92 Å². The molecule has 1 unspecified atom stereocenters. The molecule has 21 heavy (non-hydrogen) atoms. The van der Waals surface area contributed by atoms with Gasteiger partial charge in [0.1, 0.15) is 18.5 Å². The predicted molar refractivity (Wildman–Crippen MR) is 70.3 cm³/mol. The van der Waals surface area contributed by atoms with E-state index in [-0.39, 0.29) is 69.8 Å². The average molecular weight is 328 g/mol. The predicted octanol–water partition coefficient (Wildman–Crippen LogP) is -1.76. The van der Waals surface area contributed by atoms with E-state index in [0.717, 1.165) is 31.9 Å². The molecule has 0 aliphatic carbocycles. The van der Waals surface area contributed by atoms with E-state index in [1.54, 1.807) is 0 Å². The summed E-state index contributed by atoms with van der Waals surface area (Å²) in [6, 6.07) is 0.980. The van der Waals surface area contributed by atoms with Crippen LogP contribution in [0.5, 0.6) is 5.75 Å². The first-order valence-electron chi connectivity index (χ1n) is 6.60. The molecule has 0 saturated carbocycles. The molecule has 0 bridgehead atoms. The number of rotatable bonds is 5. The first kappa shape index (κ1) is 19.4. The Labute approximate surface area is 164 Å². The fourth-order valence-electron chi connectivity index (χ4n) is 2.05. The second kappa shape index (κ2) is 8.85. The van der Waals surface area contributed by atoms with Gasteiger partial charge in [-0.3, -0.25) is 9.88 Å². The Bertz CT molecular complexity index is 451. The summed E-state index contributed by atoms with van der Waals surface area (Å²) < 4.78 is 48.7. The third-order valence-corrected chi connectivity index (χ3v) is 3.22. The molecular formula is C12H17BF3KN2O2. The quantitative estimate of drug-likeness (QED) is 0.600. The number of aromatic nitrogens is 1. The van der Waals surface area contributed by atoms with Crippen LogP contribution in [0.4, 0.5) is 12.9 Å². The van der Waals surface area contributed by atoms with Crippen molar-refractivity contribution in [3.63, 3.8) is 0 Å². The van der Waals surface area contributed by atoms with Gasteiger partial charge in [0.05, 0.1) is 12.8 Å². The molecule has 1 saturated heterocycles. The minimum Gasteiger partial charge on any atom is -0.489 e. The van der Waals surface area contributed by atoms with Gasteiger partial charge in [-0.05, 0) is 12.6 Å². The molecule has 0 radical (unpaired) electrons. The van der Waals surface area contributed by atoms with Crippen LogP contribution in [0.2, 0.25) is 0 Å². The van der Waals surface area contributed by atoms with E-state index in [0.29, 0.717) is 6.61 Å². The van der Waals surface area contributed by atoms with E-state index < -0.39 is 12.4 Å². The van der Waals surface area contributed by atoms with Crippen molar-refractivity contribution in [3.8, 4) is 5.75 Å². The van der Waals surface area contributed by atoms with E-state index in [1.165, 1.54) is 6.20 Å². The van der Waals surface area contributed by atoms with Crippen LogP contribution >= 0.6 is 0 Å². The van der Waals surface area contributed by atoms with Gasteiger partial charge in [0.25, 0.3) is 0 Å². The molecule has 2 rings (SSSR count). The maximum Gasteiger partial charge on any atom is 1.00 e. The third kappa shape index (κ3) is 6.17. The van der Waals surface area contributed by atoms with Crippen molar-refractivity contribution in [1.29, 1.82) is 0 Å². The van der Waals surface area contributed by atoms with Crippen LogP contribution < -0.4 is 61.6 Å². The summed E-state index contributed by atoms with van der Waals surface area (Å²) in [5.74, 6) is 0.124. The molecule has 1 atom stereocenters. The Morgan fingerprint density at radius 2 is 2.19 bits per heavy atom. The van der Waals surface area contributed by atoms with Gasteiger partial charge in [0.15, 0.2) is 0 Å². The van der Waals surface area contributed by atoms with E-state index in [2.05, 4.69) is 16.8 Å². The maximum atomic E-state index is 12.6. The molecule has 1 fully saturated rings. The number of hydrogen-bond acceptors (Lipinski definition) is 4. The standard InChI is InChI=1S/C12H17BF3N2O2.K/c1-2-18-3-4-19-12(8-18)9-20-11-5-10(6-17-7-11)13(14,15)16;/h5-7,12H,2-4,8-9H2,1H3;/q-1;+1. The molecule has 9 heteroatoms. The fourth-order valence-corrected chi connectivity index (χ4v) is 2.05. The van der Waals surface area contributed by atoms with Gasteiger partial charge in [-0.1, -0.05) is 12.4 Å². The number of pyridine rings is 1. The normalized spacial score (nSPS) is 19.9. The number of likely N-dealkylation sites (N-methyl/N-ethyl adjacent to an activating group) is 1. The summed E-state index contributed by atoms with van der Waals surface area (Å²) in [7, 11) is 0. The molecule has 2 heterocycles. The molecule has 0 amide bonds. The Hall–Kier alpha value is 0.361. The fraction of sp³-hybridized carbons (Fsp3) is 0.583. The van der Waals surface area contributed by atoms with Crippen LogP contribution in [0.3, 0.4) is 0 Å². The average Bonchev–Trinajstić information content (AvgIpc) is 2.45. The summed E-state index contributed by atoms with van der Waals surface area (Å²) in [6.07, 6.45) is 1.97. The monoisotopic (exact) mass is 328 g/mol. The number of nitrogens with zero attached hydrogens (tertiary/aromatic N) is 2. The molecule has 112 valence electrons. The molecule has 0 spiro atoms. The van der Waals surface area contributed by atoms with Crippen molar-refractivity contribution in [2.45, 2.75) is 13.0 Å². The van der Waals surface area contributed by atoms with Gasteiger partial charge >= 0.3 is 58.4 Å². The van der Waals surface area contributed by atoms with Gasteiger partial charge in [0.2, 0.25) is 0 Å². The number of morpholine rings is 1. The molecule has 1 aromatic rings. The van der Waals surface area contributed by atoms with Crippen molar-refractivity contribution in [2.75, 3.05) is 32.8 Å². The van der Waals surface area contributed by atoms with Crippen molar-refractivity contribution >= 4 is 12.4 Å². The smallest absolute Gasteiger partial charge is 0.489 e. The van der Waals surface area contributed by atoms with Crippen LogP contribution in [-0.2, 0) is 4.74 Å². The second-order valence-electron chi connectivity index (χ2n) is 4.73. The minimum absolute atomic E-state index is 0. The van der Waals surface area contributed by atoms with Crippen LogP contribution in [0.25, 0.3) is 0 Å². The molecule has 0 N–H and O–H groups in total. The van der Waals surface area contributed by atoms with E-state index in [1.807, 2.05) is 0 Å². The summed E-state index contributed by atoms with van der Waals surface area (Å²) >= 11 is 0. The Morgan fingerprint density at radius 3 is 2.86 bits per heavy atom. The zero-order chi connectivity index (χ0) is 14.6. The van der Waals surface area contributed by atoms with Gasteiger partial charge in [-0.2, -0.15) is 0 Å². The summed E-state index contributed by atoms with van der Waals surface area (Å²) in [4.78, 5) is 5.78. The van der Waals surface area contributed by atoms with Gasteiger partial charge in [-0.25, -0.2) is 0 Å². The molecule has 1 aliphatic rings. The van der Waals surface area contributed by atoms with Gasteiger partial charge in [-0.15, -0.1) is 0 Å². The van der Waals surface area contributed by atoms with Crippen molar-refractivity contribution in [1.82, 2.24) is 9.88 Å². The van der Waals surface area contributed by atoms with E-state index in [4.69, 9.17) is 9.47 Å². The zero-order valence-electron chi connectivity index (χ0n) is 12.3. The number of halogens is 3. The number of hydrogen-bond donors (Lipinski definition) is 0. The van der Waals surface area contributed by atoms with Gasteiger partial charge in [0, 0.05) is 19.3 Å². The van der Waals surface area contributed by atoms with E-state index in [9.17, 15) is 12.9 Å². The molecule has 1 aliphatic heterocycles. The van der Waals surface area contributed by atoms with E-state index >= 15 is 0 Å². The van der Waals surface area contributed by atoms with Crippen LogP contribution in [-0.4, -0.2) is 55.8 Å². The topological polar surface area (TPSA) is 34.6 Å². The number of ether oxygens (including phenoxy) is 2. The Morgan fingerprint density at radius 1 is 1.43 bits per heavy atom. The first-order valence-corrected chi connectivity index (χ1v) is 6.60. The minimum atomic E-state index is -5.05. The summed E-state index contributed by atoms with van der Waals surface area (Å²) in [6.45, 7) is 0.382. The largest absolute Gasteiger partial charge is 1.00 e. The second-order valence-corrected chi connectivity index (χ2v) is 4.73. The van der Waals surface area contributed by atoms with Gasteiger partial charge < -0.3 is 22.4 Å². The van der Waals surface area contributed by atoms with Crippen molar-refractivity contribution < 1.29 is 73.8 Å². The first-order chi connectivity index (χ1) is 9.49. The third-order valence-electron chi connectivity index (χ3n) is 3.22. The zero-order valence-corrected chi connectivity index (χ0v) is 15.4. The summed E-state index contributed by atoms with van der Waals surface area (Å²) in [5, 5.41) is 0. The van der Waals surface area contributed by atoms with Crippen LogP contribution in [0, 0.1) is 0 Å². The SMILES string of the molecule is CCN1CCOC(COc2cncc([B-](F)(F)F)c2)C1.[K+]. The molecule has 0 aromatic carbocycles. The van der Waals surface area contributed by atoms with Crippen LogP contribution in [0.15, 0.2) is 18.5 Å². The summed E-state index contributed by atoms with van der Waals surface area (Å²) in [5.41, 5.74) is -0.748.